The predicted octanol–water partition coefficient (Wildman–Crippen LogP) is 3.24. The van der Waals surface area contributed by atoms with Crippen LogP contribution in [-0.2, 0) is 9.53 Å². The second-order valence-corrected chi connectivity index (χ2v) is 6.00. The fourth-order valence-corrected chi connectivity index (χ4v) is 2.87. The Hall–Kier alpha value is -3.19. The lowest BCUT2D eigenvalue weighted by Gasteiger charge is -2.18. The van der Waals surface area contributed by atoms with Gasteiger partial charge in [0.2, 0.25) is 11.7 Å². The van der Waals surface area contributed by atoms with Crippen molar-refractivity contribution in [3.05, 3.63) is 53.6 Å². The van der Waals surface area contributed by atoms with E-state index in [9.17, 15) is 4.79 Å². The Labute approximate surface area is 171 Å². The highest BCUT2D eigenvalue weighted by molar-refractivity contribution is 5.92. The number of hydrogen-bond donors (Lipinski definition) is 1. The van der Waals surface area contributed by atoms with Crippen LogP contribution < -0.4 is 24.3 Å². The van der Waals surface area contributed by atoms with Crippen LogP contribution in [0.4, 0.5) is 0 Å². The maximum absolute atomic E-state index is 12.3. The van der Waals surface area contributed by atoms with Crippen LogP contribution >= 0.6 is 0 Å². The van der Waals surface area contributed by atoms with Crippen molar-refractivity contribution in [3.8, 4) is 23.0 Å². The molecule has 156 valence electrons. The van der Waals surface area contributed by atoms with E-state index in [2.05, 4.69) is 5.32 Å². The van der Waals surface area contributed by atoms with E-state index in [0.29, 0.717) is 29.5 Å². The third-order valence-electron chi connectivity index (χ3n) is 4.35. The molecule has 1 unspecified atom stereocenters. The van der Waals surface area contributed by atoms with Crippen molar-refractivity contribution < 1.29 is 28.5 Å². The van der Waals surface area contributed by atoms with Crippen molar-refractivity contribution in [3.63, 3.8) is 0 Å². The molecule has 0 fully saturated rings. The average Bonchev–Trinajstić information content (AvgIpc) is 2.77. The monoisotopic (exact) mass is 401 g/mol. The smallest absolute Gasteiger partial charge is 0.244 e. The molecule has 0 aliphatic heterocycles. The molecule has 2 aromatic rings. The van der Waals surface area contributed by atoms with Gasteiger partial charge in [-0.25, -0.2) is 0 Å². The van der Waals surface area contributed by atoms with Crippen LogP contribution in [0.1, 0.15) is 17.2 Å². The van der Waals surface area contributed by atoms with Gasteiger partial charge in [0.15, 0.2) is 11.5 Å². The second-order valence-electron chi connectivity index (χ2n) is 6.00. The fraction of sp³-hybridized carbons (Fsp3) is 0.318. The van der Waals surface area contributed by atoms with E-state index in [4.69, 9.17) is 23.7 Å². The van der Waals surface area contributed by atoms with Crippen LogP contribution in [0.5, 0.6) is 23.0 Å². The Bertz CT molecular complexity index is 824. The van der Waals surface area contributed by atoms with Crippen molar-refractivity contribution in [1.29, 1.82) is 0 Å². The van der Waals surface area contributed by atoms with Crippen LogP contribution in [0.2, 0.25) is 0 Å². The molecule has 0 saturated heterocycles. The number of para-hydroxylation sites is 1. The summed E-state index contributed by atoms with van der Waals surface area (Å²) in [7, 11) is 7.82. The summed E-state index contributed by atoms with van der Waals surface area (Å²) < 4.78 is 26.8. The van der Waals surface area contributed by atoms with Gasteiger partial charge in [-0.2, -0.15) is 0 Å². The summed E-state index contributed by atoms with van der Waals surface area (Å²) in [5.41, 5.74) is 1.61. The highest BCUT2D eigenvalue weighted by Gasteiger charge is 2.16. The molecule has 0 aliphatic rings. The maximum Gasteiger partial charge on any atom is 0.244 e. The summed E-state index contributed by atoms with van der Waals surface area (Å²) in [4.78, 5) is 12.3. The van der Waals surface area contributed by atoms with Gasteiger partial charge >= 0.3 is 0 Å². The van der Waals surface area contributed by atoms with Crippen LogP contribution in [0, 0.1) is 0 Å². The van der Waals surface area contributed by atoms with Crippen LogP contribution in [0.15, 0.2) is 42.5 Å². The quantitative estimate of drug-likeness (QED) is 0.616. The first kappa shape index (κ1) is 22.1. The average molecular weight is 401 g/mol. The fourth-order valence-electron chi connectivity index (χ4n) is 2.87. The van der Waals surface area contributed by atoms with E-state index < -0.39 is 0 Å². The van der Waals surface area contributed by atoms with Gasteiger partial charge in [0, 0.05) is 25.3 Å². The normalized spacial score (nSPS) is 11.8. The topological polar surface area (TPSA) is 75.3 Å². The van der Waals surface area contributed by atoms with Gasteiger partial charge < -0.3 is 29.0 Å². The molecule has 0 radical (unpaired) electrons. The number of rotatable bonds is 10. The predicted molar refractivity (Wildman–Crippen MR) is 111 cm³/mol. The first-order chi connectivity index (χ1) is 14.1. The molecule has 7 nitrogen and oxygen atoms in total. The molecule has 1 atom stereocenters. The van der Waals surface area contributed by atoms with Gasteiger partial charge in [0.25, 0.3) is 0 Å². The van der Waals surface area contributed by atoms with E-state index in [1.165, 1.54) is 13.2 Å². The minimum atomic E-state index is -0.329. The van der Waals surface area contributed by atoms with Crippen molar-refractivity contribution in [2.75, 3.05) is 42.1 Å². The lowest BCUT2D eigenvalue weighted by molar-refractivity contribution is -0.117. The second kappa shape index (κ2) is 11.0. The van der Waals surface area contributed by atoms with Crippen molar-refractivity contribution >= 4 is 12.0 Å². The molecule has 1 N–H and O–H groups in total. The molecular formula is C22H27NO6. The Morgan fingerprint density at radius 2 is 1.55 bits per heavy atom. The Morgan fingerprint density at radius 3 is 2.10 bits per heavy atom. The number of ether oxygens (including phenoxy) is 5. The van der Waals surface area contributed by atoms with E-state index in [1.54, 1.807) is 46.6 Å². The highest BCUT2D eigenvalue weighted by atomic mass is 16.5. The molecule has 0 aromatic heterocycles. The third kappa shape index (κ3) is 5.65. The van der Waals surface area contributed by atoms with Gasteiger partial charge in [0.05, 0.1) is 28.4 Å². The lowest BCUT2D eigenvalue weighted by atomic mass is 10.1. The summed E-state index contributed by atoms with van der Waals surface area (Å²) in [6, 6.07) is 11.1. The van der Waals surface area contributed by atoms with Gasteiger partial charge in [0.1, 0.15) is 11.9 Å². The van der Waals surface area contributed by atoms with Crippen molar-refractivity contribution in [1.82, 2.24) is 5.32 Å². The number of hydrogen-bond acceptors (Lipinski definition) is 6. The Kier molecular flexibility index (Phi) is 8.36. The molecule has 29 heavy (non-hydrogen) atoms. The van der Waals surface area contributed by atoms with Crippen molar-refractivity contribution in [2.45, 2.75) is 6.10 Å². The number of carbonyl (C=O) groups excluding carboxylic acids is 1. The van der Waals surface area contributed by atoms with E-state index in [0.717, 1.165) is 11.1 Å². The first-order valence-electron chi connectivity index (χ1n) is 8.99. The number of amides is 1. The lowest BCUT2D eigenvalue weighted by Crippen LogP contribution is -2.27. The minimum absolute atomic E-state index is 0.254. The number of carbonyl (C=O) groups is 1. The van der Waals surface area contributed by atoms with Crippen LogP contribution in [0.3, 0.4) is 0 Å². The SMILES string of the molecule is COc1ccccc1C(CNC(=O)/C=C/c1cc(OC)c(OC)c(OC)c1)OC. The van der Waals surface area contributed by atoms with E-state index in [-0.39, 0.29) is 12.0 Å². The number of benzene rings is 2. The molecule has 1 amide bonds. The zero-order valence-corrected chi connectivity index (χ0v) is 17.4. The number of nitrogens with one attached hydrogen (secondary N) is 1. The Balaban J connectivity index is 2.07. The standard InChI is InChI=1S/C22H27NO6/c1-25-17-9-7-6-8-16(17)20(28-4)14-23-21(24)11-10-15-12-18(26-2)22(29-5)19(13-15)27-3/h6-13,20H,14H2,1-5H3,(H,23,24)/b11-10+. The zero-order chi connectivity index (χ0) is 21.2. The van der Waals surface area contributed by atoms with Gasteiger partial charge in [-0.1, -0.05) is 18.2 Å². The molecule has 0 aliphatic carbocycles. The van der Waals surface area contributed by atoms with E-state index >= 15 is 0 Å². The molecule has 0 saturated carbocycles. The van der Waals surface area contributed by atoms with Gasteiger partial charge in [-0.3, -0.25) is 4.79 Å². The van der Waals surface area contributed by atoms with Crippen molar-refractivity contribution in [2.24, 2.45) is 0 Å². The first-order valence-corrected chi connectivity index (χ1v) is 8.99. The van der Waals surface area contributed by atoms with Gasteiger partial charge in [-0.05, 0) is 29.8 Å². The minimum Gasteiger partial charge on any atom is -0.496 e. The molecule has 0 heterocycles. The maximum atomic E-state index is 12.3. The molecular weight excluding hydrogens is 374 g/mol. The summed E-state index contributed by atoms with van der Waals surface area (Å²) in [6.07, 6.45) is 2.78. The summed E-state index contributed by atoms with van der Waals surface area (Å²) in [5.74, 6) is 1.98. The highest BCUT2D eigenvalue weighted by Crippen LogP contribution is 2.38. The molecule has 7 heteroatoms. The van der Waals surface area contributed by atoms with Crippen LogP contribution in [0.25, 0.3) is 6.08 Å². The van der Waals surface area contributed by atoms with Gasteiger partial charge in [-0.15, -0.1) is 0 Å². The number of methoxy groups -OCH3 is 5. The summed E-state index contributed by atoms with van der Waals surface area (Å²) >= 11 is 0. The zero-order valence-electron chi connectivity index (χ0n) is 17.4. The Morgan fingerprint density at radius 1 is 0.931 bits per heavy atom. The molecule has 2 rings (SSSR count). The summed E-state index contributed by atoms with van der Waals surface area (Å²) in [6.45, 7) is 0.301. The largest absolute Gasteiger partial charge is 0.496 e. The van der Waals surface area contributed by atoms with Crippen LogP contribution in [-0.4, -0.2) is 48.0 Å². The molecule has 2 aromatic carbocycles. The molecule has 0 bridgehead atoms. The summed E-state index contributed by atoms with van der Waals surface area (Å²) in [5, 5.41) is 2.84. The molecule has 0 spiro atoms. The van der Waals surface area contributed by atoms with E-state index in [1.807, 2.05) is 24.3 Å². The third-order valence-corrected chi connectivity index (χ3v) is 4.35.